The molecule has 2 heteroatoms. The van der Waals surface area contributed by atoms with Crippen LogP contribution in [-0.4, -0.2) is 6.10 Å². The Kier molecular flexibility index (Phi) is 5.49. The van der Waals surface area contributed by atoms with Gasteiger partial charge >= 0.3 is 0 Å². The van der Waals surface area contributed by atoms with E-state index in [-0.39, 0.29) is 12.1 Å². The Morgan fingerprint density at radius 2 is 1.94 bits per heavy atom. The second-order valence-electron chi connectivity index (χ2n) is 4.78. The summed E-state index contributed by atoms with van der Waals surface area (Å²) in [5.41, 5.74) is 8.77. The fourth-order valence-corrected chi connectivity index (χ4v) is 2.06. The van der Waals surface area contributed by atoms with E-state index in [4.69, 9.17) is 10.5 Å². The van der Waals surface area contributed by atoms with Gasteiger partial charge in [0, 0.05) is 6.04 Å². The van der Waals surface area contributed by atoms with Crippen molar-refractivity contribution >= 4 is 0 Å². The lowest BCUT2D eigenvalue weighted by Gasteiger charge is -2.17. The number of hydrogen-bond acceptors (Lipinski definition) is 2. The van der Waals surface area contributed by atoms with Crippen molar-refractivity contribution in [3.8, 4) is 5.75 Å². The van der Waals surface area contributed by atoms with Crippen molar-refractivity contribution in [2.24, 2.45) is 5.73 Å². The van der Waals surface area contributed by atoms with Gasteiger partial charge < -0.3 is 10.5 Å². The summed E-state index contributed by atoms with van der Waals surface area (Å²) in [5, 5.41) is 0. The molecule has 1 unspecified atom stereocenters. The molecule has 0 bridgehead atoms. The average molecular weight is 235 g/mol. The van der Waals surface area contributed by atoms with E-state index in [1.54, 1.807) is 0 Å². The van der Waals surface area contributed by atoms with Gasteiger partial charge in [0.25, 0.3) is 0 Å². The molecule has 0 heterocycles. The van der Waals surface area contributed by atoms with E-state index >= 15 is 0 Å². The molecule has 0 aromatic heterocycles. The van der Waals surface area contributed by atoms with Crippen LogP contribution in [0.4, 0.5) is 0 Å². The minimum absolute atomic E-state index is 0.156. The Hall–Kier alpha value is -1.02. The van der Waals surface area contributed by atoms with E-state index in [1.165, 1.54) is 11.1 Å². The molecule has 17 heavy (non-hydrogen) atoms. The van der Waals surface area contributed by atoms with Crippen molar-refractivity contribution in [3.05, 3.63) is 29.3 Å². The number of ether oxygens (including phenoxy) is 1. The van der Waals surface area contributed by atoms with Crippen molar-refractivity contribution in [1.82, 2.24) is 0 Å². The highest BCUT2D eigenvalue weighted by molar-refractivity contribution is 5.37. The molecule has 1 aromatic carbocycles. The summed E-state index contributed by atoms with van der Waals surface area (Å²) in [6, 6.07) is 6.44. The zero-order valence-corrected chi connectivity index (χ0v) is 11.5. The van der Waals surface area contributed by atoms with E-state index in [2.05, 4.69) is 26.0 Å². The molecule has 0 aliphatic rings. The molecule has 0 radical (unpaired) electrons. The predicted octanol–water partition coefficient (Wildman–Crippen LogP) is 3.84. The lowest BCUT2D eigenvalue weighted by atomic mass is 9.96. The third kappa shape index (κ3) is 4.04. The monoisotopic (exact) mass is 235 g/mol. The summed E-state index contributed by atoms with van der Waals surface area (Å²) in [6.45, 7) is 8.42. The van der Waals surface area contributed by atoms with Gasteiger partial charge in [0.05, 0.1) is 6.10 Å². The fourth-order valence-electron chi connectivity index (χ4n) is 2.06. The first-order valence-corrected chi connectivity index (χ1v) is 6.63. The van der Waals surface area contributed by atoms with Crippen LogP contribution in [-0.2, 0) is 6.42 Å². The van der Waals surface area contributed by atoms with Crippen LogP contribution in [0.15, 0.2) is 18.2 Å². The van der Waals surface area contributed by atoms with E-state index in [0.717, 1.165) is 25.0 Å². The van der Waals surface area contributed by atoms with Crippen LogP contribution < -0.4 is 10.5 Å². The number of aryl methyl sites for hydroxylation is 1. The standard InChI is InChI=1S/C15H25NO/c1-5-7-15(16)14-9-8-13(17-11(3)4)10-12(14)6-2/h8-11,15H,5-7,16H2,1-4H3. The molecule has 0 saturated carbocycles. The second-order valence-corrected chi connectivity index (χ2v) is 4.78. The summed E-state index contributed by atoms with van der Waals surface area (Å²) >= 11 is 0. The molecule has 0 amide bonds. The van der Waals surface area contributed by atoms with E-state index < -0.39 is 0 Å². The molecule has 2 nitrogen and oxygen atoms in total. The number of rotatable bonds is 6. The van der Waals surface area contributed by atoms with Crippen LogP contribution in [0.2, 0.25) is 0 Å². The van der Waals surface area contributed by atoms with Crippen LogP contribution >= 0.6 is 0 Å². The Balaban J connectivity index is 2.92. The Labute approximate surface area is 105 Å². The summed E-state index contributed by atoms with van der Waals surface area (Å²) in [5.74, 6) is 0.948. The van der Waals surface area contributed by atoms with Crippen LogP contribution in [0, 0.1) is 0 Å². The highest BCUT2D eigenvalue weighted by atomic mass is 16.5. The predicted molar refractivity (Wildman–Crippen MR) is 73.4 cm³/mol. The van der Waals surface area contributed by atoms with Gasteiger partial charge in [0.1, 0.15) is 5.75 Å². The van der Waals surface area contributed by atoms with Gasteiger partial charge in [-0.25, -0.2) is 0 Å². The first-order chi connectivity index (χ1) is 8.08. The maximum Gasteiger partial charge on any atom is 0.119 e. The van der Waals surface area contributed by atoms with Crippen LogP contribution in [0.1, 0.15) is 57.7 Å². The van der Waals surface area contributed by atoms with Crippen molar-refractivity contribution in [3.63, 3.8) is 0 Å². The van der Waals surface area contributed by atoms with Crippen LogP contribution in [0.3, 0.4) is 0 Å². The fraction of sp³-hybridized carbons (Fsp3) is 0.600. The van der Waals surface area contributed by atoms with E-state index in [1.807, 2.05) is 19.9 Å². The Bertz CT molecular complexity index is 347. The summed E-state index contributed by atoms with van der Waals surface area (Å²) < 4.78 is 5.71. The zero-order chi connectivity index (χ0) is 12.8. The molecule has 1 rings (SSSR count). The summed E-state index contributed by atoms with van der Waals surface area (Å²) in [4.78, 5) is 0. The molecule has 0 aliphatic carbocycles. The van der Waals surface area contributed by atoms with Crippen molar-refractivity contribution in [2.75, 3.05) is 0 Å². The van der Waals surface area contributed by atoms with E-state index in [9.17, 15) is 0 Å². The van der Waals surface area contributed by atoms with Gasteiger partial charge in [-0.2, -0.15) is 0 Å². The minimum Gasteiger partial charge on any atom is -0.491 e. The molecule has 1 aromatic rings. The van der Waals surface area contributed by atoms with Gasteiger partial charge in [-0.15, -0.1) is 0 Å². The molecule has 2 N–H and O–H groups in total. The Morgan fingerprint density at radius 1 is 1.24 bits per heavy atom. The second kappa shape index (κ2) is 6.65. The molecule has 0 saturated heterocycles. The smallest absolute Gasteiger partial charge is 0.119 e. The van der Waals surface area contributed by atoms with Gasteiger partial charge in [0.2, 0.25) is 0 Å². The maximum absolute atomic E-state index is 6.19. The molecule has 0 fully saturated rings. The van der Waals surface area contributed by atoms with Crippen molar-refractivity contribution in [1.29, 1.82) is 0 Å². The molecular weight excluding hydrogens is 210 g/mol. The molecule has 0 spiro atoms. The van der Waals surface area contributed by atoms with Crippen molar-refractivity contribution in [2.45, 2.75) is 59.1 Å². The van der Waals surface area contributed by atoms with Gasteiger partial charge in [-0.05, 0) is 49.9 Å². The van der Waals surface area contributed by atoms with Gasteiger partial charge in [0.15, 0.2) is 0 Å². The lowest BCUT2D eigenvalue weighted by Crippen LogP contribution is -2.13. The summed E-state index contributed by atoms with van der Waals surface area (Å²) in [6.07, 6.45) is 3.38. The third-order valence-corrected chi connectivity index (χ3v) is 2.87. The number of nitrogens with two attached hydrogens (primary N) is 1. The first-order valence-electron chi connectivity index (χ1n) is 6.63. The SMILES string of the molecule is CCCC(N)c1ccc(OC(C)C)cc1CC. The summed E-state index contributed by atoms with van der Waals surface area (Å²) in [7, 11) is 0. The first kappa shape index (κ1) is 14.0. The molecule has 0 aliphatic heterocycles. The van der Waals surface area contributed by atoms with Gasteiger partial charge in [-0.1, -0.05) is 26.3 Å². The molecular formula is C15H25NO. The third-order valence-electron chi connectivity index (χ3n) is 2.87. The molecule has 1 atom stereocenters. The Morgan fingerprint density at radius 3 is 2.47 bits per heavy atom. The highest BCUT2D eigenvalue weighted by Gasteiger charge is 2.10. The van der Waals surface area contributed by atoms with Gasteiger partial charge in [-0.3, -0.25) is 0 Å². The molecule has 96 valence electrons. The largest absolute Gasteiger partial charge is 0.491 e. The van der Waals surface area contributed by atoms with E-state index in [0.29, 0.717) is 0 Å². The maximum atomic E-state index is 6.19. The average Bonchev–Trinajstić information content (AvgIpc) is 2.28. The number of hydrogen-bond donors (Lipinski definition) is 1. The van der Waals surface area contributed by atoms with Crippen LogP contribution in [0.5, 0.6) is 5.75 Å². The highest BCUT2D eigenvalue weighted by Crippen LogP contribution is 2.25. The minimum atomic E-state index is 0.156. The topological polar surface area (TPSA) is 35.2 Å². The van der Waals surface area contributed by atoms with Crippen molar-refractivity contribution < 1.29 is 4.74 Å². The number of benzene rings is 1. The lowest BCUT2D eigenvalue weighted by molar-refractivity contribution is 0.242. The zero-order valence-electron chi connectivity index (χ0n) is 11.5. The van der Waals surface area contributed by atoms with Crippen LogP contribution in [0.25, 0.3) is 0 Å². The normalized spacial score (nSPS) is 12.8. The quantitative estimate of drug-likeness (QED) is 0.813.